The summed E-state index contributed by atoms with van der Waals surface area (Å²) in [4.78, 5) is 72.0. The maximum atomic E-state index is 12.8. The molecule has 3 N–H and O–H groups in total. The first kappa shape index (κ1) is 21.2. The van der Waals surface area contributed by atoms with Crippen molar-refractivity contribution in [3.63, 3.8) is 0 Å². The number of nitrogens with zero attached hydrogens (tertiary/aromatic N) is 1. The van der Waals surface area contributed by atoms with Gasteiger partial charge in [-0.2, -0.15) is 0 Å². The van der Waals surface area contributed by atoms with E-state index in [1.165, 1.54) is 12.1 Å². The van der Waals surface area contributed by atoms with Crippen LogP contribution in [0.15, 0.2) is 18.2 Å². The van der Waals surface area contributed by atoms with Crippen molar-refractivity contribution in [2.75, 3.05) is 0 Å². The lowest BCUT2D eigenvalue weighted by Crippen LogP contribution is -2.54. The number of hydrogen-bond acceptors (Lipinski definition) is 6. The van der Waals surface area contributed by atoms with Gasteiger partial charge in [-0.15, -0.1) is 0 Å². The van der Waals surface area contributed by atoms with Crippen LogP contribution < -0.4 is 10.6 Å². The summed E-state index contributed by atoms with van der Waals surface area (Å²) >= 11 is 0. The number of carboxylic acid groups (broad SMARTS) is 1. The highest BCUT2D eigenvalue weighted by molar-refractivity contribution is 6.23. The molecular formula is C20H21N3O7. The van der Waals surface area contributed by atoms with Crippen molar-refractivity contribution < 1.29 is 33.9 Å². The summed E-state index contributed by atoms with van der Waals surface area (Å²) in [5.41, 5.74) is 0.935. The second kappa shape index (κ2) is 8.85. The Morgan fingerprint density at radius 1 is 1.07 bits per heavy atom. The Kier molecular flexibility index (Phi) is 6.24. The molecule has 1 unspecified atom stereocenters. The third kappa shape index (κ3) is 4.53. The number of imide groups is 2. The van der Waals surface area contributed by atoms with Gasteiger partial charge in [0.1, 0.15) is 6.04 Å². The first-order chi connectivity index (χ1) is 14.3. The van der Waals surface area contributed by atoms with Gasteiger partial charge in [-0.05, 0) is 37.0 Å². The fourth-order valence-corrected chi connectivity index (χ4v) is 3.48. The van der Waals surface area contributed by atoms with Crippen LogP contribution in [-0.2, 0) is 25.7 Å². The van der Waals surface area contributed by atoms with Crippen LogP contribution in [0, 0.1) is 0 Å². The Balaban J connectivity index is 1.61. The van der Waals surface area contributed by atoms with Gasteiger partial charge in [0, 0.05) is 25.8 Å². The molecule has 0 aliphatic carbocycles. The zero-order valence-electron chi connectivity index (χ0n) is 16.1. The van der Waals surface area contributed by atoms with Crippen LogP contribution in [0.2, 0.25) is 0 Å². The van der Waals surface area contributed by atoms with Gasteiger partial charge in [0.25, 0.3) is 11.8 Å². The van der Waals surface area contributed by atoms with E-state index in [0.717, 1.165) is 4.90 Å². The number of carbonyl (C=O) groups is 6. The van der Waals surface area contributed by atoms with Gasteiger partial charge in [0.15, 0.2) is 0 Å². The molecule has 0 spiro atoms. The Hall–Kier alpha value is -3.56. The zero-order chi connectivity index (χ0) is 21.8. The number of hydrogen-bond donors (Lipinski definition) is 3. The van der Waals surface area contributed by atoms with E-state index in [1.54, 1.807) is 6.07 Å². The smallest absolute Gasteiger partial charge is 0.303 e. The van der Waals surface area contributed by atoms with E-state index in [4.69, 9.17) is 5.11 Å². The van der Waals surface area contributed by atoms with Crippen molar-refractivity contribution in [2.24, 2.45) is 0 Å². The highest BCUT2D eigenvalue weighted by Crippen LogP contribution is 2.28. The molecule has 5 amide bonds. The third-order valence-corrected chi connectivity index (χ3v) is 5.04. The van der Waals surface area contributed by atoms with Crippen LogP contribution in [0.3, 0.4) is 0 Å². The molecule has 10 nitrogen and oxygen atoms in total. The van der Waals surface area contributed by atoms with E-state index in [0.29, 0.717) is 18.4 Å². The average Bonchev–Trinajstić information content (AvgIpc) is 2.94. The Bertz CT molecular complexity index is 940. The number of aliphatic carboxylic acids is 1. The van der Waals surface area contributed by atoms with E-state index < -0.39 is 35.6 Å². The number of rotatable bonds is 8. The Morgan fingerprint density at radius 3 is 2.47 bits per heavy atom. The minimum absolute atomic E-state index is 0.0118. The topological polar surface area (TPSA) is 150 Å². The summed E-state index contributed by atoms with van der Waals surface area (Å²) < 4.78 is 0. The van der Waals surface area contributed by atoms with Gasteiger partial charge >= 0.3 is 5.97 Å². The van der Waals surface area contributed by atoms with Crippen molar-refractivity contribution in [3.05, 3.63) is 34.9 Å². The maximum absolute atomic E-state index is 12.8. The molecule has 1 saturated heterocycles. The molecule has 1 atom stereocenters. The van der Waals surface area contributed by atoms with E-state index >= 15 is 0 Å². The number of amides is 5. The fraction of sp³-hybridized carbons (Fsp3) is 0.400. The number of benzene rings is 1. The minimum atomic E-state index is -1.02. The van der Waals surface area contributed by atoms with Crippen molar-refractivity contribution >= 4 is 35.5 Å². The summed E-state index contributed by atoms with van der Waals surface area (Å²) in [5.74, 6) is -3.44. The molecule has 0 saturated carbocycles. The fourth-order valence-electron chi connectivity index (χ4n) is 3.48. The van der Waals surface area contributed by atoms with Crippen molar-refractivity contribution in [1.29, 1.82) is 0 Å². The molecule has 0 aromatic heterocycles. The predicted octanol–water partition coefficient (Wildman–Crippen LogP) is 0.349. The van der Waals surface area contributed by atoms with Gasteiger partial charge in [-0.25, -0.2) is 0 Å². The summed E-state index contributed by atoms with van der Waals surface area (Å²) in [6.45, 7) is 0.144. The van der Waals surface area contributed by atoms with Crippen LogP contribution in [0.25, 0.3) is 0 Å². The second-order valence-electron chi connectivity index (χ2n) is 7.20. The van der Waals surface area contributed by atoms with E-state index in [1.807, 2.05) is 0 Å². The van der Waals surface area contributed by atoms with E-state index in [9.17, 15) is 28.8 Å². The first-order valence-corrected chi connectivity index (χ1v) is 9.61. The van der Waals surface area contributed by atoms with Crippen LogP contribution in [-0.4, -0.2) is 51.6 Å². The Morgan fingerprint density at radius 2 is 1.77 bits per heavy atom. The molecule has 10 heteroatoms. The molecule has 0 bridgehead atoms. The summed E-state index contributed by atoms with van der Waals surface area (Å²) in [5, 5.41) is 13.4. The van der Waals surface area contributed by atoms with Crippen LogP contribution in [0.4, 0.5) is 0 Å². The minimum Gasteiger partial charge on any atom is -0.481 e. The molecule has 2 aliphatic rings. The van der Waals surface area contributed by atoms with Crippen molar-refractivity contribution in [3.8, 4) is 0 Å². The highest BCUT2D eigenvalue weighted by atomic mass is 16.4. The molecule has 1 fully saturated rings. The second-order valence-corrected chi connectivity index (χ2v) is 7.20. The largest absolute Gasteiger partial charge is 0.481 e. The molecule has 158 valence electrons. The maximum Gasteiger partial charge on any atom is 0.303 e. The molecule has 30 heavy (non-hydrogen) atoms. The summed E-state index contributed by atoms with van der Waals surface area (Å²) in [6.07, 6.45) is 1.20. The molecule has 3 rings (SSSR count). The SMILES string of the molecule is O=C(O)CCCCC(=O)NCc1ccc2c(c1)C(=O)N(C1CCC(=O)NC1=O)C2=O. The number of carbonyl (C=O) groups excluding carboxylic acids is 5. The normalized spacial score (nSPS) is 18.3. The molecular weight excluding hydrogens is 394 g/mol. The number of fused-ring (bicyclic) bond motifs is 1. The predicted molar refractivity (Wildman–Crippen MR) is 101 cm³/mol. The number of nitrogens with one attached hydrogen (secondary N) is 2. The summed E-state index contributed by atoms with van der Waals surface area (Å²) in [7, 11) is 0. The van der Waals surface area contributed by atoms with Gasteiger partial charge in [0.2, 0.25) is 17.7 Å². The third-order valence-electron chi connectivity index (χ3n) is 5.04. The van der Waals surface area contributed by atoms with Crippen LogP contribution >= 0.6 is 0 Å². The number of unbranched alkanes of at least 4 members (excludes halogenated alkanes) is 1. The average molecular weight is 415 g/mol. The van der Waals surface area contributed by atoms with Gasteiger partial charge in [0.05, 0.1) is 11.1 Å². The van der Waals surface area contributed by atoms with E-state index in [2.05, 4.69) is 10.6 Å². The molecule has 0 radical (unpaired) electrons. The highest BCUT2D eigenvalue weighted by Gasteiger charge is 2.44. The van der Waals surface area contributed by atoms with Crippen LogP contribution in [0.5, 0.6) is 0 Å². The lowest BCUT2D eigenvalue weighted by molar-refractivity contribution is -0.138. The Labute approximate surface area is 171 Å². The quantitative estimate of drug-likeness (QED) is 0.409. The summed E-state index contributed by atoms with van der Waals surface area (Å²) in [6, 6.07) is 3.58. The molecule has 1 aromatic carbocycles. The first-order valence-electron chi connectivity index (χ1n) is 9.61. The number of carboxylic acids is 1. The molecule has 2 heterocycles. The molecule has 2 aliphatic heterocycles. The van der Waals surface area contributed by atoms with E-state index in [-0.39, 0.29) is 49.3 Å². The molecule has 1 aromatic rings. The number of piperidine rings is 1. The van der Waals surface area contributed by atoms with Gasteiger partial charge < -0.3 is 10.4 Å². The van der Waals surface area contributed by atoms with Gasteiger partial charge in [-0.1, -0.05) is 6.07 Å². The lowest BCUT2D eigenvalue weighted by Gasteiger charge is -2.27. The standard InChI is InChI=1S/C20H21N3O7/c24-15(3-1-2-4-17(26)27)21-10-11-5-6-12-13(9-11)20(30)23(19(12)29)14-7-8-16(25)22-18(14)28/h5-6,9,14H,1-4,7-8,10H2,(H,21,24)(H,26,27)(H,22,25,28). The lowest BCUT2D eigenvalue weighted by atomic mass is 10.0. The van der Waals surface area contributed by atoms with Crippen molar-refractivity contribution in [1.82, 2.24) is 15.5 Å². The zero-order valence-corrected chi connectivity index (χ0v) is 16.1. The van der Waals surface area contributed by atoms with Crippen molar-refractivity contribution in [2.45, 2.75) is 51.1 Å². The monoisotopic (exact) mass is 415 g/mol. The van der Waals surface area contributed by atoms with Gasteiger partial charge in [-0.3, -0.25) is 39.0 Å². The van der Waals surface area contributed by atoms with Crippen LogP contribution in [0.1, 0.15) is 64.8 Å².